The molecule has 0 aliphatic carbocycles. The zero-order valence-corrected chi connectivity index (χ0v) is 15.3. The van der Waals surface area contributed by atoms with Gasteiger partial charge in [0, 0.05) is 19.2 Å². The van der Waals surface area contributed by atoms with Gasteiger partial charge in [0.1, 0.15) is 18.1 Å². The number of rotatable bonds is 0. The van der Waals surface area contributed by atoms with Gasteiger partial charge in [-0.3, -0.25) is 4.79 Å². The third-order valence-corrected chi connectivity index (χ3v) is 4.72. The number of carbonyl (C=O) groups excluding carboxylic acids is 1. The van der Waals surface area contributed by atoms with Crippen LogP contribution < -0.4 is 10.1 Å². The van der Waals surface area contributed by atoms with Gasteiger partial charge >= 0.3 is 6.01 Å². The number of imidazole rings is 1. The first-order chi connectivity index (χ1) is 13.2. The largest absolute Gasteiger partial charge is 0.455 e. The molecular weight excluding hydrogens is 344 g/mol. The topological polar surface area (TPSA) is 94.3 Å². The lowest BCUT2D eigenvalue weighted by atomic mass is 9.98. The zero-order chi connectivity index (χ0) is 18.6. The molecule has 8 heteroatoms. The van der Waals surface area contributed by atoms with Gasteiger partial charge in [-0.25, -0.2) is 14.5 Å². The van der Waals surface area contributed by atoms with E-state index >= 15 is 0 Å². The summed E-state index contributed by atoms with van der Waals surface area (Å²) in [7, 11) is 0. The van der Waals surface area contributed by atoms with Crippen molar-refractivity contribution in [2.45, 2.75) is 32.6 Å². The second-order valence-corrected chi connectivity index (χ2v) is 6.90. The quantitative estimate of drug-likeness (QED) is 0.654. The van der Waals surface area contributed by atoms with E-state index in [0.717, 1.165) is 43.0 Å². The highest BCUT2D eigenvalue weighted by Gasteiger charge is 2.13. The Labute approximate surface area is 157 Å². The van der Waals surface area contributed by atoms with Crippen molar-refractivity contribution in [1.29, 1.82) is 0 Å². The third-order valence-electron chi connectivity index (χ3n) is 4.72. The number of Topliss-reactive ketones (excluding diaryl/α,β-unsaturated/α-hetero) is 1. The van der Waals surface area contributed by atoms with E-state index in [1.54, 1.807) is 23.0 Å². The number of hydrogen-bond acceptors (Lipinski definition) is 7. The van der Waals surface area contributed by atoms with E-state index in [-0.39, 0.29) is 18.4 Å². The Morgan fingerprint density at radius 2 is 2.15 bits per heavy atom. The van der Waals surface area contributed by atoms with Crippen molar-refractivity contribution in [2.24, 2.45) is 5.92 Å². The van der Waals surface area contributed by atoms with E-state index in [4.69, 9.17) is 4.74 Å². The van der Waals surface area contributed by atoms with Gasteiger partial charge in [-0.15, -0.1) is 5.10 Å². The van der Waals surface area contributed by atoms with Crippen molar-refractivity contribution in [2.75, 3.05) is 18.5 Å². The molecule has 0 saturated heterocycles. The predicted octanol–water partition coefficient (Wildman–Crippen LogP) is 2.76. The van der Waals surface area contributed by atoms with Gasteiger partial charge in [-0.2, -0.15) is 4.98 Å². The summed E-state index contributed by atoms with van der Waals surface area (Å²) >= 11 is 0. The van der Waals surface area contributed by atoms with Crippen molar-refractivity contribution < 1.29 is 9.53 Å². The molecule has 1 aliphatic heterocycles. The maximum absolute atomic E-state index is 12.1. The number of aromatic nitrogens is 5. The van der Waals surface area contributed by atoms with Crippen LogP contribution in [0.3, 0.4) is 0 Å². The van der Waals surface area contributed by atoms with Gasteiger partial charge in [0.2, 0.25) is 0 Å². The van der Waals surface area contributed by atoms with Gasteiger partial charge in [0.15, 0.2) is 11.4 Å². The maximum atomic E-state index is 12.1. The maximum Gasteiger partial charge on any atom is 0.317 e. The zero-order valence-electron chi connectivity index (χ0n) is 15.3. The molecule has 1 unspecified atom stereocenters. The van der Waals surface area contributed by atoms with E-state index in [1.165, 1.54) is 0 Å². The van der Waals surface area contributed by atoms with Crippen molar-refractivity contribution in [3.05, 3.63) is 30.6 Å². The summed E-state index contributed by atoms with van der Waals surface area (Å²) in [5.74, 6) is 1.35. The summed E-state index contributed by atoms with van der Waals surface area (Å²) in [6, 6.07) is 5.81. The second kappa shape index (κ2) is 7.69. The molecule has 8 nitrogen and oxygen atoms in total. The van der Waals surface area contributed by atoms with Crippen molar-refractivity contribution in [3.8, 4) is 17.4 Å². The summed E-state index contributed by atoms with van der Waals surface area (Å²) < 4.78 is 7.26. The van der Waals surface area contributed by atoms with Crippen LogP contribution in [0.1, 0.15) is 32.6 Å². The first-order valence-corrected chi connectivity index (χ1v) is 9.25. The summed E-state index contributed by atoms with van der Waals surface area (Å²) in [4.78, 5) is 25.0. The number of fused-ring (bicyclic) bond motifs is 4. The minimum atomic E-state index is -0.00667. The van der Waals surface area contributed by atoms with Crippen LogP contribution in [-0.2, 0) is 4.79 Å². The molecule has 27 heavy (non-hydrogen) atoms. The predicted molar refractivity (Wildman–Crippen MR) is 101 cm³/mol. The Kier molecular flexibility index (Phi) is 4.95. The molecule has 4 bridgehead atoms. The Morgan fingerprint density at radius 3 is 3.07 bits per heavy atom. The van der Waals surface area contributed by atoms with E-state index in [0.29, 0.717) is 18.0 Å². The summed E-state index contributed by atoms with van der Waals surface area (Å²) in [5.41, 5.74) is 2.12. The van der Waals surface area contributed by atoms with Gasteiger partial charge in [-0.05, 0) is 43.4 Å². The number of ketones is 1. The van der Waals surface area contributed by atoms with Crippen LogP contribution in [0.25, 0.3) is 17.0 Å². The monoisotopic (exact) mass is 366 g/mol. The van der Waals surface area contributed by atoms with E-state index in [2.05, 4.69) is 32.3 Å². The minimum Gasteiger partial charge on any atom is -0.455 e. The SMILES string of the molecule is CC1CCCNc2ccc3ncc(n3n2)-c2ccnc(n2)OCC(=O)CC1. The second-order valence-electron chi connectivity index (χ2n) is 6.90. The number of nitrogens with zero attached hydrogens (tertiary/aromatic N) is 5. The van der Waals surface area contributed by atoms with E-state index in [1.807, 2.05) is 12.1 Å². The number of carbonyl (C=O) groups is 1. The molecule has 0 saturated carbocycles. The van der Waals surface area contributed by atoms with Crippen LogP contribution in [0.4, 0.5) is 5.82 Å². The van der Waals surface area contributed by atoms with Crippen LogP contribution in [-0.4, -0.2) is 43.5 Å². The fraction of sp³-hybridized carbons (Fsp3) is 0.421. The lowest BCUT2D eigenvalue weighted by Crippen LogP contribution is -2.14. The molecule has 3 aromatic rings. The molecular formula is C19H22N6O2. The number of ether oxygens (including phenoxy) is 1. The van der Waals surface area contributed by atoms with Crippen LogP contribution in [0, 0.1) is 5.92 Å². The Morgan fingerprint density at radius 1 is 1.22 bits per heavy atom. The summed E-state index contributed by atoms with van der Waals surface area (Å²) in [6.07, 6.45) is 6.79. The van der Waals surface area contributed by atoms with Gasteiger partial charge in [0.25, 0.3) is 0 Å². The van der Waals surface area contributed by atoms with E-state index in [9.17, 15) is 4.79 Å². The Hall–Kier alpha value is -3.03. The first-order valence-electron chi connectivity index (χ1n) is 9.25. The fourth-order valence-electron chi connectivity index (χ4n) is 3.13. The number of hydrogen-bond donors (Lipinski definition) is 1. The molecule has 3 aromatic heterocycles. The van der Waals surface area contributed by atoms with Crippen LogP contribution in [0.2, 0.25) is 0 Å². The molecule has 4 heterocycles. The van der Waals surface area contributed by atoms with Gasteiger partial charge in [-0.1, -0.05) is 6.92 Å². The Balaban J connectivity index is 1.68. The smallest absolute Gasteiger partial charge is 0.317 e. The lowest BCUT2D eigenvalue weighted by molar-refractivity contribution is -0.121. The summed E-state index contributed by atoms with van der Waals surface area (Å²) in [5, 5.41) is 8.00. The molecule has 0 amide bonds. The molecule has 140 valence electrons. The molecule has 1 aliphatic rings. The molecule has 0 spiro atoms. The third kappa shape index (κ3) is 4.05. The van der Waals surface area contributed by atoms with E-state index < -0.39 is 0 Å². The van der Waals surface area contributed by atoms with Crippen LogP contribution >= 0.6 is 0 Å². The minimum absolute atomic E-state index is 0.00667. The molecule has 0 aromatic carbocycles. The fourth-order valence-corrected chi connectivity index (χ4v) is 3.13. The first kappa shape index (κ1) is 17.4. The number of nitrogens with one attached hydrogen (secondary N) is 1. The lowest BCUT2D eigenvalue weighted by Gasteiger charge is -2.11. The summed E-state index contributed by atoms with van der Waals surface area (Å²) in [6.45, 7) is 3.01. The van der Waals surface area contributed by atoms with Crippen molar-refractivity contribution in [3.63, 3.8) is 0 Å². The highest BCUT2D eigenvalue weighted by Crippen LogP contribution is 2.21. The highest BCUT2D eigenvalue weighted by molar-refractivity contribution is 5.79. The molecule has 0 radical (unpaired) electrons. The Bertz CT molecular complexity index is 954. The van der Waals surface area contributed by atoms with Crippen molar-refractivity contribution in [1.82, 2.24) is 24.6 Å². The standard InChI is InChI=1S/C19H22N6O2/c1-13-3-2-9-20-17-6-7-18-22-11-16(25(18)24-17)15-8-10-21-19(23-15)27-12-14(26)5-4-13/h6-8,10-11,13H,2-5,9,12H2,1H3,(H,20,24). The van der Waals surface area contributed by atoms with Crippen molar-refractivity contribution >= 4 is 17.2 Å². The molecule has 1 N–H and O–H groups in total. The highest BCUT2D eigenvalue weighted by atomic mass is 16.5. The van der Waals surface area contributed by atoms with Gasteiger partial charge < -0.3 is 10.1 Å². The molecule has 4 rings (SSSR count). The number of anilines is 1. The van der Waals surface area contributed by atoms with Gasteiger partial charge in [0.05, 0.1) is 11.9 Å². The van der Waals surface area contributed by atoms with Crippen LogP contribution in [0.5, 0.6) is 6.01 Å². The van der Waals surface area contributed by atoms with Crippen LogP contribution in [0.15, 0.2) is 30.6 Å². The average molecular weight is 366 g/mol. The molecule has 1 atom stereocenters. The average Bonchev–Trinajstić information content (AvgIpc) is 3.11. The molecule has 0 fully saturated rings. The normalized spacial score (nSPS) is 18.7.